The Hall–Kier alpha value is -2.94. The summed E-state index contributed by atoms with van der Waals surface area (Å²) in [6.07, 6.45) is 5.86. The van der Waals surface area contributed by atoms with Crippen LogP contribution in [-0.2, 0) is 29.5 Å². The summed E-state index contributed by atoms with van der Waals surface area (Å²) in [5.41, 5.74) is 1.38. The van der Waals surface area contributed by atoms with Crippen molar-refractivity contribution >= 4 is 10.0 Å². The van der Waals surface area contributed by atoms with Crippen molar-refractivity contribution in [1.29, 1.82) is 0 Å². The van der Waals surface area contributed by atoms with Crippen molar-refractivity contribution < 1.29 is 23.0 Å². The zero-order valence-electron chi connectivity index (χ0n) is 20.5. The van der Waals surface area contributed by atoms with Crippen LogP contribution in [0.1, 0.15) is 73.9 Å². The Balaban J connectivity index is 1.80. The molecular weight excluding hydrogens is 478 g/mol. The summed E-state index contributed by atoms with van der Waals surface area (Å²) >= 11 is 0. The van der Waals surface area contributed by atoms with Gasteiger partial charge in [-0.1, -0.05) is 68.7 Å². The molecule has 1 heterocycles. The lowest BCUT2D eigenvalue weighted by Crippen LogP contribution is -2.32. The number of sulfonamides is 1. The van der Waals surface area contributed by atoms with Crippen LogP contribution in [-0.4, -0.2) is 18.6 Å². The van der Waals surface area contributed by atoms with E-state index in [1.54, 1.807) is 36.4 Å². The summed E-state index contributed by atoms with van der Waals surface area (Å²) in [6, 6.07) is 12.8. The van der Waals surface area contributed by atoms with E-state index in [4.69, 9.17) is 4.42 Å². The van der Waals surface area contributed by atoms with Crippen LogP contribution in [0.5, 0.6) is 5.75 Å². The second-order valence-electron chi connectivity index (χ2n) is 9.24. The molecule has 7 nitrogen and oxygen atoms in total. The van der Waals surface area contributed by atoms with Gasteiger partial charge in [-0.15, -0.1) is 0 Å². The fraction of sp³-hybridized carbons (Fsp3) is 0.393. The molecule has 1 unspecified atom stereocenters. The smallest absolute Gasteiger partial charge is 0.344 e. The molecule has 0 saturated carbocycles. The standard InChI is InChI=1S/C28H33NO6S/c1-2-11-22(26-27(31)21-15-8-3-4-9-16-23(21)35-28(26)32)29-36(33,34)24-17-10-14-20(18-30)25(24)19-12-6-5-7-13-19/h5-7,10,12-14,17,22,29-31H,2-4,8-9,11,15-16,18H2,1H3. The van der Waals surface area contributed by atoms with Crippen molar-refractivity contribution in [3.05, 3.63) is 81.4 Å². The predicted octanol–water partition coefficient (Wildman–Crippen LogP) is 4.98. The van der Waals surface area contributed by atoms with Crippen molar-refractivity contribution in [3.63, 3.8) is 0 Å². The summed E-state index contributed by atoms with van der Waals surface area (Å²) < 4.78 is 35.8. The van der Waals surface area contributed by atoms with Gasteiger partial charge < -0.3 is 14.6 Å². The number of aliphatic hydroxyl groups is 1. The minimum atomic E-state index is -4.16. The maximum absolute atomic E-state index is 13.8. The highest BCUT2D eigenvalue weighted by atomic mass is 32.2. The molecule has 3 N–H and O–H groups in total. The SMILES string of the molecule is CCCC(NS(=O)(=O)c1cccc(CO)c1-c1ccccc1)c1c(O)c2c(oc1=O)CCCCCC2. The van der Waals surface area contributed by atoms with E-state index in [0.29, 0.717) is 53.7 Å². The minimum absolute atomic E-state index is 0.00326. The van der Waals surface area contributed by atoms with Gasteiger partial charge in [-0.05, 0) is 42.9 Å². The highest BCUT2D eigenvalue weighted by molar-refractivity contribution is 7.89. The van der Waals surface area contributed by atoms with Gasteiger partial charge in [-0.25, -0.2) is 17.9 Å². The van der Waals surface area contributed by atoms with E-state index in [9.17, 15) is 23.4 Å². The van der Waals surface area contributed by atoms with Crippen LogP contribution in [0.4, 0.5) is 0 Å². The van der Waals surface area contributed by atoms with Crippen LogP contribution < -0.4 is 10.3 Å². The van der Waals surface area contributed by atoms with E-state index >= 15 is 0 Å². The molecule has 8 heteroatoms. The van der Waals surface area contributed by atoms with Gasteiger partial charge >= 0.3 is 5.63 Å². The third-order valence-electron chi connectivity index (χ3n) is 6.75. The van der Waals surface area contributed by atoms with E-state index < -0.39 is 21.7 Å². The Morgan fingerprint density at radius 3 is 2.42 bits per heavy atom. The van der Waals surface area contributed by atoms with Crippen molar-refractivity contribution in [3.8, 4) is 16.9 Å². The third-order valence-corrected chi connectivity index (χ3v) is 8.27. The minimum Gasteiger partial charge on any atom is -0.507 e. The van der Waals surface area contributed by atoms with Gasteiger partial charge in [0.2, 0.25) is 10.0 Å². The van der Waals surface area contributed by atoms with Gasteiger partial charge in [-0.3, -0.25) is 0 Å². The van der Waals surface area contributed by atoms with E-state index in [1.165, 1.54) is 6.07 Å². The van der Waals surface area contributed by atoms with Crippen LogP contribution in [0.25, 0.3) is 11.1 Å². The maximum atomic E-state index is 13.8. The van der Waals surface area contributed by atoms with Gasteiger partial charge in [0.05, 0.1) is 23.1 Å². The highest BCUT2D eigenvalue weighted by Crippen LogP contribution is 2.36. The van der Waals surface area contributed by atoms with Gasteiger partial charge in [0, 0.05) is 17.5 Å². The lowest BCUT2D eigenvalue weighted by Gasteiger charge is -2.23. The number of aliphatic hydroxyl groups excluding tert-OH is 1. The quantitative estimate of drug-likeness (QED) is 0.393. The number of hydrogen-bond donors (Lipinski definition) is 3. The Kier molecular flexibility index (Phi) is 8.28. The first kappa shape index (κ1) is 26.1. The number of nitrogens with one attached hydrogen (secondary N) is 1. The largest absolute Gasteiger partial charge is 0.507 e. The number of aromatic hydroxyl groups is 1. The first-order valence-electron chi connectivity index (χ1n) is 12.6. The molecular formula is C28H33NO6S. The fourth-order valence-corrected chi connectivity index (χ4v) is 6.51. The first-order chi connectivity index (χ1) is 17.4. The zero-order valence-corrected chi connectivity index (χ0v) is 21.3. The Bertz CT molecular complexity index is 1360. The number of benzene rings is 2. The summed E-state index contributed by atoms with van der Waals surface area (Å²) in [5.74, 6) is 0.345. The molecule has 3 aromatic rings. The second-order valence-corrected chi connectivity index (χ2v) is 10.9. The highest BCUT2D eigenvalue weighted by Gasteiger charge is 2.31. The molecule has 0 radical (unpaired) electrons. The lowest BCUT2D eigenvalue weighted by atomic mass is 9.94. The van der Waals surface area contributed by atoms with Crippen LogP contribution in [0, 0.1) is 0 Å². The second kappa shape index (κ2) is 11.4. The summed E-state index contributed by atoms with van der Waals surface area (Å²) in [7, 11) is -4.16. The van der Waals surface area contributed by atoms with Gasteiger partial charge in [0.1, 0.15) is 11.5 Å². The molecule has 192 valence electrons. The van der Waals surface area contributed by atoms with Crippen molar-refractivity contribution in [2.45, 2.75) is 75.8 Å². The molecule has 1 aromatic heterocycles. The average Bonchev–Trinajstić information content (AvgIpc) is 2.85. The molecule has 1 aliphatic rings. The van der Waals surface area contributed by atoms with Crippen LogP contribution >= 0.6 is 0 Å². The number of fused-ring (bicyclic) bond motifs is 1. The predicted molar refractivity (Wildman–Crippen MR) is 138 cm³/mol. The Labute approximate surface area is 211 Å². The molecule has 0 bridgehead atoms. The molecule has 36 heavy (non-hydrogen) atoms. The number of aryl methyl sites for hydroxylation is 1. The summed E-state index contributed by atoms with van der Waals surface area (Å²) in [6.45, 7) is 1.55. The van der Waals surface area contributed by atoms with Crippen molar-refractivity contribution in [2.24, 2.45) is 0 Å². The molecule has 4 rings (SSSR count). The lowest BCUT2D eigenvalue weighted by molar-refractivity contribution is 0.282. The molecule has 1 aliphatic carbocycles. The Morgan fingerprint density at radius 2 is 1.72 bits per heavy atom. The van der Waals surface area contributed by atoms with E-state index in [2.05, 4.69) is 4.72 Å². The fourth-order valence-electron chi connectivity index (χ4n) is 4.99. The molecule has 0 saturated heterocycles. The van der Waals surface area contributed by atoms with Gasteiger partial charge in [0.15, 0.2) is 0 Å². The van der Waals surface area contributed by atoms with Gasteiger partial charge in [-0.2, -0.15) is 0 Å². The average molecular weight is 512 g/mol. The van der Waals surface area contributed by atoms with Crippen molar-refractivity contribution in [1.82, 2.24) is 4.72 Å². The summed E-state index contributed by atoms with van der Waals surface area (Å²) in [4.78, 5) is 13.0. The number of hydrogen-bond acceptors (Lipinski definition) is 6. The molecule has 2 aromatic carbocycles. The third kappa shape index (κ3) is 5.40. The summed E-state index contributed by atoms with van der Waals surface area (Å²) in [5, 5.41) is 21.1. The van der Waals surface area contributed by atoms with E-state index in [0.717, 1.165) is 25.7 Å². The van der Waals surface area contributed by atoms with Crippen LogP contribution in [0.15, 0.2) is 62.6 Å². The first-order valence-corrected chi connectivity index (χ1v) is 14.0. The normalized spacial score (nSPS) is 15.1. The molecule has 0 fully saturated rings. The molecule has 0 spiro atoms. The van der Waals surface area contributed by atoms with E-state index in [-0.39, 0.29) is 22.8 Å². The van der Waals surface area contributed by atoms with Crippen LogP contribution in [0.3, 0.4) is 0 Å². The topological polar surface area (TPSA) is 117 Å². The number of rotatable bonds is 8. The monoisotopic (exact) mass is 511 g/mol. The van der Waals surface area contributed by atoms with Gasteiger partial charge in [0.25, 0.3) is 0 Å². The zero-order chi connectivity index (χ0) is 25.7. The van der Waals surface area contributed by atoms with Crippen LogP contribution in [0.2, 0.25) is 0 Å². The molecule has 0 aliphatic heterocycles. The van der Waals surface area contributed by atoms with E-state index in [1.807, 2.05) is 13.0 Å². The maximum Gasteiger partial charge on any atom is 0.344 e. The molecule has 0 amide bonds. The molecule has 1 atom stereocenters. The Morgan fingerprint density at radius 1 is 1.00 bits per heavy atom. The van der Waals surface area contributed by atoms with Crippen molar-refractivity contribution in [2.75, 3.05) is 0 Å².